The van der Waals surface area contributed by atoms with Crippen LogP contribution in [0.3, 0.4) is 0 Å². The van der Waals surface area contributed by atoms with Crippen LogP contribution in [-0.4, -0.2) is 51.3 Å². The molecule has 1 N–H and O–H groups in total. The van der Waals surface area contributed by atoms with Crippen molar-refractivity contribution in [2.75, 3.05) is 46.4 Å². The number of likely N-dealkylation sites (tertiary alicyclic amines) is 1. The van der Waals surface area contributed by atoms with Crippen LogP contribution in [-0.2, 0) is 4.74 Å². The fourth-order valence-electron chi connectivity index (χ4n) is 2.60. The minimum absolute atomic E-state index is 0.800. The molecule has 0 radical (unpaired) electrons. The molecule has 1 aromatic rings. The Morgan fingerprint density at radius 2 is 2.00 bits per heavy atom. The van der Waals surface area contributed by atoms with E-state index in [1.165, 1.54) is 25.9 Å². The molecule has 3 heteroatoms. The number of nitrogens with one attached hydrogen (secondary N) is 1. The van der Waals surface area contributed by atoms with Crippen LogP contribution >= 0.6 is 0 Å². The van der Waals surface area contributed by atoms with Gasteiger partial charge in [-0.3, -0.25) is 4.90 Å². The third-order valence-corrected chi connectivity index (χ3v) is 3.93. The highest BCUT2D eigenvalue weighted by Gasteiger charge is 2.17. The molecule has 1 aliphatic rings. The van der Waals surface area contributed by atoms with Crippen molar-refractivity contribution in [2.24, 2.45) is 5.92 Å². The largest absolute Gasteiger partial charge is 0.383 e. The number of methoxy groups -OCH3 is 1. The van der Waals surface area contributed by atoms with Gasteiger partial charge in [-0.25, -0.2) is 0 Å². The van der Waals surface area contributed by atoms with Gasteiger partial charge in [0, 0.05) is 19.2 Å². The lowest BCUT2D eigenvalue weighted by Crippen LogP contribution is -2.38. The molecule has 1 fully saturated rings. The van der Waals surface area contributed by atoms with Gasteiger partial charge in [0.15, 0.2) is 0 Å². The molecule has 0 atom stereocenters. The van der Waals surface area contributed by atoms with Crippen LogP contribution in [0.5, 0.6) is 0 Å². The van der Waals surface area contributed by atoms with Crippen LogP contribution in [0.4, 0.5) is 0 Å². The number of hydrogen-bond donors (Lipinski definition) is 1. The van der Waals surface area contributed by atoms with Gasteiger partial charge in [0.1, 0.15) is 0 Å². The van der Waals surface area contributed by atoms with Crippen molar-refractivity contribution < 1.29 is 4.74 Å². The maximum atomic E-state index is 5.04. The van der Waals surface area contributed by atoms with E-state index in [1.807, 2.05) is 18.2 Å². The second-order valence-electron chi connectivity index (χ2n) is 5.58. The molecule has 1 aliphatic heterocycles. The van der Waals surface area contributed by atoms with Crippen molar-refractivity contribution in [1.29, 1.82) is 0 Å². The number of nitrogens with zero attached hydrogens (tertiary/aromatic N) is 1. The van der Waals surface area contributed by atoms with Gasteiger partial charge >= 0.3 is 0 Å². The third-order valence-electron chi connectivity index (χ3n) is 3.93. The average molecular weight is 286 g/mol. The summed E-state index contributed by atoms with van der Waals surface area (Å²) in [5, 5.41) is 3.46. The highest BCUT2D eigenvalue weighted by molar-refractivity contribution is 5.33. The summed E-state index contributed by atoms with van der Waals surface area (Å²) in [7, 11) is 1.75. The van der Waals surface area contributed by atoms with Gasteiger partial charge in [-0.05, 0) is 50.5 Å². The molecule has 0 bridgehead atoms. The molecule has 1 heterocycles. The first-order chi connectivity index (χ1) is 10.4. The summed E-state index contributed by atoms with van der Waals surface area (Å²) < 4.78 is 5.04. The summed E-state index contributed by atoms with van der Waals surface area (Å²) in [6.07, 6.45) is 2.54. The fraction of sp³-hybridized carbons (Fsp3) is 0.556. The summed E-state index contributed by atoms with van der Waals surface area (Å²) in [4.78, 5) is 2.46. The van der Waals surface area contributed by atoms with Gasteiger partial charge in [0.25, 0.3) is 0 Å². The van der Waals surface area contributed by atoms with Gasteiger partial charge in [0.05, 0.1) is 13.2 Å². The second kappa shape index (κ2) is 9.57. The van der Waals surface area contributed by atoms with Gasteiger partial charge in [0.2, 0.25) is 0 Å². The van der Waals surface area contributed by atoms with Gasteiger partial charge < -0.3 is 10.1 Å². The van der Waals surface area contributed by atoms with E-state index in [0.29, 0.717) is 0 Å². The average Bonchev–Trinajstić information content (AvgIpc) is 2.54. The Morgan fingerprint density at radius 1 is 1.24 bits per heavy atom. The number of hydrogen-bond acceptors (Lipinski definition) is 3. The predicted octanol–water partition coefficient (Wildman–Crippen LogP) is 1.99. The third kappa shape index (κ3) is 6.31. The quantitative estimate of drug-likeness (QED) is 0.639. The van der Waals surface area contributed by atoms with Crippen LogP contribution in [0.1, 0.15) is 18.4 Å². The second-order valence-corrected chi connectivity index (χ2v) is 5.58. The van der Waals surface area contributed by atoms with Crippen molar-refractivity contribution in [2.45, 2.75) is 12.8 Å². The Labute approximate surface area is 128 Å². The Morgan fingerprint density at radius 3 is 2.71 bits per heavy atom. The standard InChI is InChI=1S/C18H26N2O/c1-21-15-11-19-16-18-9-13-20(14-10-18)12-5-8-17-6-3-2-4-7-17/h2-4,6-7,18-19H,9-16H2,1H3. The highest BCUT2D eigenvalue weighted by Crippen LogP contribution is 2.15. The Kier molecular flexibility index (Phi) is 7.31. The zero-order valence-corrected chi connectivity index (χ0v) is 13.0. The lowest BCUT2D eigenvalue weighted by Gasteiger charge is -2.30. The molecule has 1 aromatic carbocycles. The van der Waals surface area contributed by atoms with E-state index in [9.17, 15) is 0 Å². The summed E-state index contributed by atoms with van der Waals surface area (Å²) >= 11 is 0. The van der Waals surface area contributed by atoms with Crippen LogP contribution in [0, 0.1) is 17.8 Å². The molecule has 114 valence electrons. The first-order valence-electron chi connectivity index (χ1n) is 7.84. The lowest BCUT2D eigenvalue weighted by atomic mass is 9.97. The summed E-state index contributed by atoms with van der Waals surface area (Å²) in [5.74, 6) is 7.33. The zero-order valence-electron chi connectivity index (χ0n) is 13.0. The summed E-state index contributed by atoms with van der Waals surface area (Å²) in [6, 6.07) is 10.2. The molecular formula is C18H26N2O. The minimum Gasteiger partial charge on any atom is -0.383 e. The van der Waals surface area contributed by atoms with E-state index < -0.39 is 0 Å². The molecule has 1 saturated heterocycles. The van der Waals surface area contributed by atoms with Crippen molar-refractivity contribution in [3.63, 3.8) is 0 Å². The monoisotopic (exact) mass is 286 g/mol. The Hall–Kier alpha value is -1.34. The predicted molar refractivity (Wildman–Crippen MR) is 87.2 cm³/mol. The van der Waals surface area contributed by atoms with E-state index >= 15 is 0 Å². The first kappa shape index (κ1) is 16.0. The molecule has 0 saturated carbocycles. The number of ether oxygens (including phenoxy) is 1. The minimum atomic E-state index is 0.800. The SMILES string of the molecule is COCCNCC1CCN(CC#Cc2ccccc2)CC1. The van der Waals surface area contributed by atoms with Crippen molar-refractivity contribution in [1.82, 2.24) is 10.2 Å². The molecule has 0 amide bonds. The van der Waals surface area contributed by atoms with Gasteiger partial charge in [-0.15, -0.1) is 0 Å². The van der Waals surface area contributed by atoms with Crippen molar-refractivity contribution in [3.8, 4) is 11.8 Å². The van der Waals surface area contributed by atoms with Gasteiger partial charge in [-0.1, -0.05) is 30.0 Å². The van der Waals surface area contributed by atoms with E-state index in [0.717, 1.165) is 37.7 Å². The van der Waals surface area contributed by atoms with Crippen molar-refractivity contribution >= 4 is 0 Å². The summed E-state index contributed by atoms with van der Waals surface area (Å²) in [6.45, 7) is 6.10. The summed E-state index contributed by atoms with van der Waals surface area (Å²) in [5.41, 5.74) is 1.11. The lowest BCUT2D eigenvalue weighted by molar-refractivity contribution is 0.183. The maximum Gasteiger partial charge on any atom is 0.0605 e. The van der Waals surface area contributed by atoms with E-state index in [-0.39, 0.29) is 0 Å². The van der Waals surface area contributed by atoms with Crippen molar-refractivity contribution in [3.05, 3.63) is 35.9 Å². The molecule has 0 spiro atoms. The zero-order chi connectivity index (χ0) is 14.8. The van der Waals surface area contributed by atoms with E-state index in [4.69, 9.17) is 4.74 Å². The number of rotatable bonds is 6. The number of piperidine rings is 1. The maximum absolute atomic E-state index is 5.04. The Bertz CT molecular complexity index is 441. The highest BCUT2D eigenvalue weighted by atomic mass is 16.5. The van der Waals surface area contributed by atoms with Crippen LogP contribution < -0.4 is 5.32 Å². The molecule has 3 nitrogen and oxygen atoms in total. The molecule has 2 rings (SSSR count). The normalized spacial score (nSPS) is 16.4. The molecular weight excluding hydrogens is 260 g/mol. The smallest absolute Gasteiger partial charge is 0.0605 e. The van der Waals surface area contributed by atoms with Crippen LogP contribution in [0.2, 0.25) is 0 Å². The van der Waals surface area contributed by atoms with E-state index in [1.54, 1.807) is 7.11 Å². The first-order valence-corrected chi connectivity index (χ1v) is 7.84. The fourth-order valence-corrected chi connectivity index (χ4v) is 2.60. The Balaban J connectivity index is 1.62. The van der Waals surface area contributed by atoms with Gasteiger partial charge in [-0.2, -0.15) is 0 Å². The van der Waals surface area contributed by atoms with Crippen LogP contribution in [0.25, 0.3) is 0 Å². The molecule has 0 aromatic heterocycles. The van der Waals surface area contributed by atoms with E-state index in [2.05, 4.69) is 34.2 Å². The topological polar surface area (TPSA) is 24.5 Å². The van der Waals surface area contributed by atoms with Crippen LogP contribution in [0.15, 0.2) is 30.3 Å². The number of benzene rings is 1. The molecule has 21 heavy (non-hydrogen) atoms. The molecule has 0 aliphatic carbocycles. The molecule has 0 unspecified atom stereocenters.